The zero-order valence-corrected chi connectivity index (χ0v) is 10.7. The average molecular weight is 253 g/mol. The van der Waals surface area contributed by atoms with E-state index in [1.54, 1.807) is 6.92 Å². The number of rotatable bonds is 3. The fourth-order valence-corrected chi connectivity index (χ4v) is 2.13. The highest BCUT2D eigenvalue weighted by Crippen LogP contribution is 2.27. The van der Waals surface area contributed by atoms with E-state index in [4.69, 9.17) is 15.9 Å². The molecule has 1 aromatic heterocycles. The summed E-state index contributed by atoms with van der Waals surface area (Å²) in [5.41, 5.74) is 11.0. The van der Waals surface area contributed by atoms with Gasteiger partial charge >= 0.3 is 6.01 Å². The van der Waals surface area contributed by atoms with Crippen LogP contribution in [0.1, 0.15) is 38.6 Å². The second-order valence-electron chi connectivity index (χ2n) is 4.89. The van der Waals surface area contributed by atoms with Crippen molar-refractivity contribution in [2.45, 2.75) is 38.8 Å². The maximum Gasteiger partial charge on any atom is 0.318 e. The summed E-state index contributed by atoms with van der Waals surface area (Å²) in [7, 11) is 0. The molecule has 1 fully saturated rings. The van der Waals surface area contributed by atoms with E-state index >= 15 is 0 Å². The predicted octanol–water partition coefficient (Wildman–Crippen LogP) is 0.180. The molecule has 4 N–H and O–H groups in total. The number of hydrogen-bond acceptors (Lipinski definition) is 6. The molecule has 1 amide bonds. The standard InChI is InChI=1S/C11H19N5O2/c1-6-3-4-8(9(13)17)5-16(6)11-15-14-10(18-11)7(2)12/h6-8H,3-5,12H2,1-2H3,(H2,13,17). The summed E-state index contributed by atoms with van der Waals surface area (Å²) in [5, 5.41) is 7.88. The fraction of sp³-hybridized carbons (Fsp3) is 0.727. The lowest BCUT2D eigenvalue weighted by Gasteiger charge is -2.35. The van der Waals surface area contributed by atoms with Gasteiger partial charge in [0.1, 0.15) is 0 Å². The molecule has 7 heteroatoms. The van der Waals surface area contributed by atoms with E-state index in [2.05, 4.69) is 17.1 Å². The van der Waals surface area contributed by atoms with Crippen LogP contribution in [0.5, 0.6) is 0 Å². The van der Waals surface area contributed by atoms with Crippen LogP contribution < -0.4 is 16.4 Å². The monoisotopic (exact) mass is 253 g/mol. The summed E-state index contributed by atoms with van der Waals surface area (Å²) in [6, 6.07) is 0.376. The molecule has 0 saturated carbocycles. The lowest BCUT2D eigenvalue weighted by Crippen LogP contribution is -2.46. The number of anilines is 1. The van der Waals surface area contributed by atoms with Crippen LogP contribution in [-0.2, 0) is 4.79 Å². The number of aromatic nitrogens is 2. The van der Waals surface area contributed by atoms with Crippen molar-refractivity contribution < 1.29 is 9.21 Å². The van der Waals surface area contributed by atoms with E-state index in [1.807, 2.05) is 4.90 Å². The van der Waals surface area contributed by atoms with Gasteiger partial charge in [0.05, 0.1) is 12.0 Å². The van der Waals surface area contributed by atoms with E-state index in [0.29, 0.717) is 18.5 Å². The highest BCUT2D eigenvalue weighted by molar-refractivity contribution is 5.77. The lowest BCUT2D eigenvalue weighted by molar-refractivity contribution is -0.122. The van der Waals surface area contributed by atoms with Crippen molar-refractivity contribution in [2.24, 2.45) is 17.4 Å². The molecule has 100 valence electrons. The molecule has 7 nitrogen and oxygen atoms in total. The molecule has 0 aromatic carbocycles. The van der Waals surface area contributed by atoms with Gasteiger partial charge in [0, 0.05) is 12.6 Å². The Morgan fingerprint density at radius 3 is 2.78 bits per heavy atom. The summed E-state index contributed by atoms with van der Waals surface area (Å²) in [6.45, 7) is 4.37. The van der Waals surface area contributed by atoms with Gasteiger partial charge in [-0.3, -0.25) is 4.79 Å². The predicted molar refractivity (Wildman–Crippen MR) is 65.6 cm³/mol. The lowest BCUT2D eigenvalue weighted by atomic mass is 9.93. The summed E-state index contributed by atoms with van der Waals surface area (Å²) in [4.78, 5) is 13.2. The van der Waals surface area contributed by atoms with Crippen LogP contribution in [0.2, 0.25) is 0 Å². The molecule has 2 heterocycles. The smallest absolute Gasteiger partial charge is 0.318 e. The molecule has 1 aliphatic rings. The molecule has 0 aliphatic carbocycles. The maximum absolute atomic E-state index is 11.3. The number of carbonyl (C=O) groups is 1. The van der Waals surface area contributed by atoms with Gasteiger partial charge < -0.3 is 20.8 Å². The van der Waals surface area contributed by atoms with Crippen molar-refractivity contribution in [3.8, 4) is 0 Å². The zero-order chi connectivity index (χ0) is 13.3. The Hall–Kier alpha value is -1.63. The molecule has 3 atom stereocenters. The van der Waals surface area contributed by atoms with Crippen LogP contribution in [0.25, 0.3) is 0 Å². The third kappa shape index (κ3) is 2.45. The Morgan fingerprint density at radius 2 is 2.22 bits per heavy atom. The molecular formula is C11H19N5O2. The molecule has 0 radical (unpaired) electrons. The van der Waals surface area contributed by atoms with Gasteiger partial charge in [0.15, 0.2) is 0 Å². The van der Waals surface area contributed by atoms with Gasteiger partial charge in [-0.1, -0.05) is 5.10 Å². The first kappa shape index (κ1) is 12.8. The van der Waals surface area contributed by atoms with Gasteiger partial charge in [-0.05, 0) is 26.7 Å². The molecule has 1 aromatic rings. The Kier molecular flexibility index (Phi) is 3.51. The van der Waals surface area contributed by atoms with Crippen LogP contribution in [-0.4, -0.2) is 28.7 Å². The average Bonchev–Trinajstić information content (AvgIpc) is 2.78. The van der Waals surface area contributed by atoms with E-state index in [9.17, 15) is 4.79 Å². The number of nitrogens with two attached hydrogens (primary N) is 2. The first-order chi connectivity index (χ1) is 8.49. The highest BCUT2D eigenvalue weighted by atomic mass is 16.4. The van der Waals surface area contributed by atoms with Gasteiger partial charge in [0.2, 0.25) is 11.8 Å². The van der Waals surface area contributed by atoms with Crippen molar-refractivity contribution in [3.05, 3.63) is 5.89 Å². The van der Waals surface area contributed by atoms with Crippen molar-refractivity contribution in [1.29, 1.82) is 0 Å². The van der Waals surface area contributed by atoms with Gasteiger partial charge in [-0.2, -0.15) is 0 Å². The zero-order valence-electron chi connectivity index (χ0n) is 10.7. The topological polar surface area (TPSA) is 111 Å². The van der Waals surface area contributed by atoms with Crippen molar-refractivity contribution >= 4 is 11.9 Å². The number of nitrogens with zero attached hydrogens (tertiary/aromatic N) is 3. The molecule has 0 bridgehead atoms. The quantitative estimate of drug-likeness (QED) is 0.794. The summed E-state index contributed by atoms with van der Waals surface area (Å²) >= 11 is 0. The van der Waals surface area contributed by atoms with Gasteiger partial charge in [-0.15, -0.1) is 5.10 Å². The Bertz CT molecular complexity index is 431. The first-order valence-electron chi connectivity index (χ1n) is 6.14. The Labute approximate surface area is 106 Å². The molecular weight excluding hydrogens is 234 g/mol. The van der Waals surface area contributed by atoms with Crippen LogP contribution in [0.4, 0.5) is 6.01 Å². The van der Waals surface area contributed by atoms with Crippen LogP contribution >= 0.6 is 0 Å². The third-order valence-electron chi connectivity index (χ3n) is 3.35. The molecule has 0 spiro atoms. The van der Waals surface area contributed by atoms with Crippen LogP contribution in [0, 0.1) is 5.92 Å². The van der Waals surface area contributed by atoms with E-state index in [-0.39, 0.29) is 23.9 Å². The number of primary amides is 1. The number of carbonyl (C=O) groups excluding carboxylic acids is 1. The van der Waals surface area contributed by atoms with Crippen LogP contribution in [0.3, 0.4) is 0 Å². The summed E-state index contributed by atoms with van der Waals surface area (Å²) in [5.74, 6) is -0.0379. The Balaban J connectivity index is 2.16. The highest BCUT2D eigenvalue weighted by Gasteiger charge is 2.31. The molecule has 1 saturated heterocycles. The molecule has 18 heavy (non-hydrogen) atoms. The number of amides is 1. The molecule has 1 aliphatic heterocycles. The maximum atomic E-state index is 11.3. The second kappa shape index (κ2) is 4.93. The largest absolute Gasteiger partial charge is 0.406 e. The second-order valence-corrected chi connectivity index (χ2v) is 4.89. The van der Waals surface area contributed by atoms with Gasteiger partial charge in [0.25, 0.3) is 0 Å². The van der Waals surface area contributed by atoms with Crippen molar-refractivity contribution in [3.63, 3.8) is 0 Å². The SMILES string of the molecule is CC(N)c1nnc(N2CC(C(N)=O)CCC2C)o1. The molecule has 3 unspecified atom stereocenters. The third-order valence-corrected chi connectivity index (χ3v) is 3.35. The van der Waals surface area contributed by atoms with E-state index in [0.717, 1.165) is 12.8 Å². The number of piperidine rings is 1. The minimum atomic E-state index is -0.293. The minimum absolute atomic E-state index is 0.160. The molecule has 2 rings (SSSR count). The first-order valence-corrected chi connectivity index (χ1v) is 6.14. The van der Waals surface area contributed by atoms with Crippen molar-refractivity contribution in [2.75, 3.05) is 11.4 Å². The number of hydrogen-bond donors (Lipinski definition) is 2. The van der Waals surface area contributed by atoms with E-state index in [1.165, 1.54) is 0 Å². The fourth-order valence-electron chi connectivity index (χ4n) is 2.13. The normalized spacial score (nSPS) is 26.1. The summed E-state index contributed by atoms with van der Waals surface area (Å²) in [6.07, 6.45) is 1.69. The van der Waals surface area contributed by atoms with Gasteiger partial charge in [-0.25, -0.2) is 0 Å². The summed E-state index contributed by atoms with van der Waals surface area (Å²) < 4.78 is 5.51. The van der Waals surface area contributed by atoms with E-state index < -0.39 is 0 Å². The Morgan fingerprint density at radius 1 is 1.50 bits per heavy atom. The minimum Gasteiger partial charge on any atom is -0.406 e. The van der Waals surface area contributed by atoms with Crippen LogP contribution in [0.15, 0.2) is 4.42 Å². The van der Waals surface area contributed by atoms with Crippen molar-refractivity contribution in [1.82, 2.24) is 10.2 Å².